The van der Waals surface area contributed by atoms with Gasteiger partial charge in [-0.15, -0.1) is 0 Å². The lowest BCUT2D eigenvalue weighted by atomic mass is 9.92. The minimum atomic E-state index is -0.868. The van der Waals surface area contributed by atoms with Gasteiger partial charge in [-0.3, -0.25) is 19.3 Å². The summed E-state index contributed by atoms with van der Waals surface area (Å²) in [7, 11) is 0. The first kappa shape index (κ1) is 23.8. The van der Waals surface area contributed by atoms with Crippen molar-refractivity contribution in [1.82, 2.24) is 4.90 Å². The molecule has 6 nitrogen and oxygen atoms in total. The highest BCUT2D eigenvalue weighted by molar-refractivity contribution is 6.26. The van der Waals surface area contributed by atoms with E-state index < -0.39 is 5.97 Å². The summed E-state index contributed by atoms with van der Waals surface area (Å²) in [5.41, 5.74) is 2.02. The Balaban J connectivity index is 1.66. The molecule has 0 aliphatic carbocycles. The van der Waals surface area contributed by atoms with Gasteiger partial charge in [-0.25, -0.2) is 0 Å². The van der Waals surface area contributed by atoms with Crippen molar-refractivity contribution in [2.45, 2.75) is 71.1 Å². The zero-order valence-electron chi connectivity index (χ0n) is 19.0. The van der Waals surface area contributed by atoms with Crippen LogP contribution >= 0.6 is 0 Å². The smallest absolute Gasteiger partial charge is 0.303 e. The average Bonchev–Trinajstić information content (AvgIpc) is 2.78. The molecule has 3 rings (SSSR count). The quantitative estimate of drug-likeness (QED) is 0.285. The van der Waals surface area contributed by atoms with E-state index >= 15 is 0 Å². The Bertz CT molecular complexity index is 947. The molecule has 0 saturated carbocycles. The van der Waals surface area contributed by atoms with Gasteiger partial charge in [0.2, 0.25) is 0 Å². The fourth-order valence-corrected chi connectivity index (χ4v) is 4.35. The second kappa shape index (κ2) is 11.7. The molecule has 0 spiro atoms. The van der Waals surface area contributed by atoms with Crippen LogP contribution in [0.4, 0.5) is 5.69 Å². The van der Waals surface area contributed by atoms with Crippen molar-refractivity contribution in [2.75, 3.05) is 18.4 Å². The Morgan fingerprint density at radius 3 is 2.28 bits per heavy atom. The zero-order valence-corrected chi connectivity index (χ0v) is 19.0. The number of hydrogen-bond acceptors (Lipinski definition) is 4. The number of hydrogen-bond donors (Lipinski definition) is 2. The van der Waals surface area contributed by atoms with Gasteiger partial charge in [0.25, 0.3) is 11.8 Å². The summed E-state index contributed by atoms with van der Waals surface area (Å²) < 4.78 is 0. The molecule has 0 unspecified atom stereocenters. The Morgan fingerprint density at radius 2 is 1.56 bits per heavy atom. The SMILES string of the molecule is CCCCCCCCCNc1ccc2c3c(cccc13)C(=O)N(CCCCC(=O)O)C2=O. The molecule has 0 saturated heterocycles. The van der Waals surface area contributed by atoms with Crippen molar-refractivity contribution < 1.29 is 19.5 Å². The van der Waals surface area contributed by atoms with Crippen LogP contribution in [0.3, 0.4) is 0 Å². The molecule has 1 heterocycles. The summed E-state index contributed by atoms with van der Waals surface area (Å²) >= 11 is 0. The zero-order chi connectivity index (χ0) is 22.9. The van der Waals surface area contributed by atoms with Crippen molar-refractivity contribution in [3.8, 4) is 0 Å². The molecule has 0 atom stereocenters. The highest BCUT2D eigenvalue weighted by Gasteiger charge is 2.32. The molecule has 32 heavy (non-hydrogen) atoms. The maximum absolute atomic E-state index is 13.0. The second-order valence-electron chi connectivity index (χ2n) is 8.55. The van der Waals surface area contributed by atoms with Gasteiger partial charge in [0.15, 0.2) is 0 Å². The summed E-state index contributed by atoms with van der Waals surface area (Å²) in [5.74, 6) is -1.46. The number of carboxylic acid groups (broad SMARTS) is 1. The molecule has 2 N–H and O–H groups in total. The summed E-state index contributed by atoms with van der Waals surface area (Å²) in [6.45, 7) is 3.33. The second-order valence-corrected chi connectivity index (χ2v) is 8.55. The number of anilines is 1. The Labute approximate surface area is 190 Å². The van der Waals surface area contributed by atoms with Crippen molar-refractivity contribution in [3.63, 3.8) is 0 Å². The molecule has 2 aromatic rings. The van der Waals surface area contributed by atoms with Crippen LogP contribution in [-0.2, 0) is 4.79 Å². The van der Waals surface area contributed by atoms with Gasteiger partial charge < -0.3 is 10.4 Å². The highest BCUT2D eigenvalue weighted by atomic mass is 16.4. The first-order valence-electron chi connectivity index (χ1n) is 11.9. The molecular weight excluding hydrogens is 404 g/mol. The Kier molecular flexibility index (Phi) is 8.65. The standard InChI is InChI=1S/C26H34N2O4/c1-2-3-4-5-6-7-9-17-27-22-16-15-21-24-19(22)12-11-13-20(24)25(31)28(26(21)32)18-10-8-14-23(29)30/h11-13,15-16,27H,2-10,14,17-18H2,1H3,(H,29,30). The summed E-state index contributed by atoms with van der Waals surface area (Å²) in [5, 5.41) is 13.9. The Hall–Kier alpha value is -2.89. The number of carboxylic acids is 1. The van der Waals surface area contributed by atoms with E-state index in [9.17, 15) is 14.4 Å². The van der Waals surface area contributed by atoms with Crippen molar-refractivity contribution in [1.29, 1.82) is 0 Å². The average molecular weight is 439 g/mol. The minimum absolute atomic E-state index is 0.0379. The van der Waals surface area contributed by atoms with Crippen LogP contribution in [0, 0.1) is 0 Å². The maximum Gasteiger partial charge on any atom is 0.303 e. The van der Waals surface area contributed by atoms with E-state index in [1.165, 1.54) is 43.4 Å². The lowest BCUT2D eigenvalue weighted by Crippen LogP contribution is -2.40. The number of amides is 2. The fourth-order valence-electron chi connectivity index (χ4n) is 4.35. The lowest BCUT2D eigenvalue weighted by Gasteiger charge is -2.28. The first-order valence-corrected chi connectivity index (χ1v) is 11.9. The topological polar surface area (TPSA) is 86.7 Å². The van der Waals surface area contributed by atoms with E-state index in [-0.39, 0.29) is 24.8 Å². The third-order valence-electron chi connectivity index (χ3n) is 6.11. The third-order valence-corrected chi connectivity index (χ3v) is 6.11. The number of nitrogens with one attached hydrogen (secondary N) is 1. The van der Waals surface area contributed by atoms with Crippen LogP contribution in [0.15, 0.2) is 30.3 Å². The molecular formula is C26H34N2O4. The molecule has 2 amide bonds. The Morgan fingerprint density at radius 1 is 0.875 bits per heavy atom. The number of aliphatic carboxylic acids is 1. The van der Waals surface area contributed by atoms with Gasteiger partial charge >= 0.3 is 5.97 Å². The summed E-state index contributed by atoms with van der Waals surface area (Å²) in [4.78, 5) is 38.0. The minimum Gasteiger partial charge on any atom is -0.481 e. The molecule has 1 aliphatic heterocycles. The number of nitrogens with zero attached hydrogens (tertiary/aromatic N) is 1. The summed E-state index contributed by atoms with van der Waals surface area (Å²) in [6, 6.07) is 9.32. The van der Waals surface area contributed by atoms with E-state index in [0.717, 1.165) is 24.0 Å². The van der Waals surface area contributed by atoms with Crippen LogP contribution in [0.2, 0.25) is 0 Å². The van der Waals surface area contributed by atoms with Crippen LogP contribution in [0.25, 0.3) is 10.8 Å². The molecule has 172 valence electrons. The van der Waals surface area contributed by atoms with Crippen LogP contribution in [0.1, 0.15) is 91.8 Å². The molecule has 1 aliphatic rings. The number of imide groups is 1. The van der Waals surface area contributed by atoms with E-state index in [4.69, 9.17) is 5.11 Å². The molecule has 0 bridgehead atoms. The van der Waals surface area contributed by atoms with Crippen molar-refractivity contribution in [2.24, 2.45) is 0 Å². The van der Waals surface area contributed by atoms with E-state index in [2.05, 4.69) is 12.2 Å². The van der Waals surface area contributed by atoms with Crippen molar-refractivity contribution in [3.05, 3.63) is 41.5 Å². The van der Waals surface area contributed by atoms with E-state index in [1.807, 2.05) is 18.2 Å². The molecule has 0 radical (unpaired) electrons. The maximum atomic E-state index is 13.0. The van der Waals surface area contributed by atoms with Gasteiger partial charge in [-0.05, 0) is 37.5 Å². The van der Waals surface area contributed by atoms with Gasteiger partial charge in [0.1, 0.15) is 0 Å². The number of carbonyl (C=O) groups excluding carboxylic acids is 2. The van der Waals surface area contributed by atoms with Crippen molar-refractivity contribution >= 4 is 34.2 Å². The monoisotopic (exact) mass is 438 g/mol. The molecule has 6 heteroatoms. The lowest BCUT2D eigenvalue weighted by molar-refractivity contribution is -0.137. The van der Waals surface area contributed by atoms with Crippen LogP contribution in [0.5, 0.6) is 0 Å². The number of carbonyl (C=O) groups is 3. The molecule has 2 aromatic carbocycles. The largest absolute Gasteiger partial charge is 0.481 e. The third kappa shape index (κ3) is 5.67. The normalized spacial score (nSPS) is 13.1. The van der Waals surface area contributed by atoms with Gasteiger partial charge in [-0.1, -0.05) is 57.6 Å². The number of unbranched alkanes of at least 4 members (excludes halogenated alkanes) is 7. The first-order chi connectivity index (χ1) is 15.5. The number of rotatable bonds is 14. The van der Waals surface area contributed by atoms with Crippen LogP contribution in [-0.4, -0.2) is 40.9 Å². The molecule has 0 aromatic heterocycles. The fraction of sp³-hybridized carbons (Fsp3) is 0.500. The predicted octanol–water partition coefficient (Wildman–Crippen LogP) is 5.85. The van der Waals surface area contributed by atoms with Gasteiger partial charge in [0, 0.05) is 47.1 Å². The van der Waals surface area contributed by atoms with Crippen LogP contribution < -0.4 is 5.32 Å². The predicted molar refractivity (Wildman–Crippen MR) is 127 cm³/mol. The summed E-state index contributed by atoms with van der Waals surface area (Å²) in [6.07, 6.45) is 9.70. The number of benzene rings is 2. The highest BCUT2D eigenvalue weighted by Crippen LogP contribution is 2.34. The van der Waals surface area contributed by atoms with Gasteiger partial charge in [0.05, 0.1) is 0 Å². The van der Waals surface area contributed by atoms with E-state index in [0.29, 0.717) is 29.4 Å². The van der Waals surface area contributed by atoms with Gasteiger partial charge in [-0.2, -0.15) is 0 Å². The van der Waals surface area contributed by atoms with E-state index in [1.54, 1.807) is 12.1 Å². The molecule has 0 fully saturated rings.